The number of rotatable bonds is 1. The maximum atomic E-state index is 6.34. The predicted octanol–water partition coefficient (Wildman–Crippen LogP) is 5.85. The Morgan fingerprint density at radius 2 is 1.50 bits per heavy atom. The number of hydrogen-bond donors (Lipinski definition) is 0. The van der Waals surface area contributed by atoms with E-state index >= 15 is 0 Å². The molecule has 2 aromatic heterocycles. The molecule has 0 aliphatic rings. The number of hydrogen-bond acceptors (Lipinski definition) is 1. The highest BCUT2D eigenvalue weighted by Crippen LogP contribution is 2.38. The minimum absolute atomic E-state index is 0.947. The average Bonchev–Trinajstić information content (AvgIpc) is 3.00. The smallest absolute Gasteiger partial charge is 0.224 e. The van der Waals surface area contributed by atoms with E-state index in [9.17, 15) is 0 Å². The molecule has 0 fully saturated rings. The third-order valence-corrected chi connectivity index (χ3v) is 5.29. The second-order valence-corrected chi connectivity index (χ2v) is 7.09. The molecule has 0 N–H and O–H groups in total. The van der Waals surface area contributed by atoms with Crippen LogP contribution in [-0.4, -0.2) is 0 Å². The summed E-state index contributed by atoms with van der Waals surface area (Å²) in [5.74, 6) is 0. The van der Waals surface area contributed by atoms with Crippen LogP contribution in [0, 0.1) is 13.8 Å². The number of nitrogens with zero attached hydrogens (tertiary/aromatic N) is 1. The van der Waals surface area contributed by atoms with Crippen molar-refractivity contribution in [3.63, 3.8) is 0 Å². The van der Waals surface area contributed by atoms with Gasteiger partial charge in [0.25, 0.3) is 0 Å². The largest absolute Gasteiger partial charge is 0.455 e. The fraction of sp³-hybridized carbons (Fsp3) is 0.125. The molecule has 0 saturated carbocycles. The third kappa shape index (κ3) is 2.08. The summed E-state index contributed by atoms with van der Waals surface area (Å²) < 4.78 is 8.56. The minimum atomic E-state index is 0.947. The first-order valence-electron chi connectivity index (χ1n) is 8.94. The van der Waals surface area contributed by atoms with Gasteiger partial charge in [-0.3, -0.25) is 0 Å². The molecule has 0 aliphatic carbocycles. The van der Waals surface area contributed by atoms with Gasteiger partial charge >= 0.3 is 0 Å². The molecule has 126 valence electrons. The van der Waals surface area contributed by atoms with Gasteiger partial charge in [0.15, 0.2) is 11.8 Å². The number of aryl methyl sites for hydroxylation is 3. The molecule has 0 radical (unpaired) electrons. The summed E-state index contributed by atoms with van der Waals surface area (Å²) >= 11 is 0. The maximum absolute atomic E-state index is 6.34. The standard InChI is InChI=1S/C24H20NO/c1-15-8-4-7-11-19(15)23-22-20-12-17-9-5-6-10-18(17)13-21(20)26-24(22)16(2)14-25(23)3/h4-14H,1-3H3/q+1. The van der Waals surface area contributed by atoms with Gasteiger partial charge in [-0.2, -0.15) is 4.57 Å². The maximum Gasteiger partial charge on any atom is 0.224 e. The highest BCUT2D eigenvalue weighted by atomic mass is 16.3. The van der Waals surface area contributed by atoms with Gasteiger partial charge in [0.05, 0.1) is 5.56 Å². The molecule has 3 aromatic carbocycles. The third-order valence-electron chi connectivity index (χ3n) is 5.29. The second kappa shape index (κ2) is 5.43. The normalized spacial score (nSPS) is 11.7. The van der Waals surface area contributed by atoms with Gasteiger partial charge < -0.3 is 4.42 Å². The van der Waals surface area contributed by atoms with Crippen molar-refractivity contribution in [3.05, 3.63) is 78.0 Å². The Hall–Kier alpha value is -3.13. The Labute approximate surface area is 152 Å². The van der Waals surface area contributed by atoms with E-state index in [1.807, 2.05) is 0 Å². The summed E-state index contributed by atoms with van der Waals surface area (Å²) in [6.07, 6.45) is 2.16. The highest BCUT2D eigenvalue weighted by molar-refractivity contribution is 6.14. The first kappa shape index (κ1) is 15.2. The van der Waals surface area contributed by atoms with Crippen molar-refractivity contribution in [2.45, 2.75) is 13.8 Å². The molecular formula is C24H20NO+. The van der Waals surface area contributed by atoms with Crippen molar-refractivity contribution < 1.29 is 8.98 Å². The van der Waals surface area contributed by atoms with Crippen molar-refractivity contribution >= 4 is 32.7 Å². The molecule has 0 unspecified atom stereocenters. The molecule has 0 saturated heterocycles. The summed E-state index contributed by atoms with van der Waals surface area (Å²) in [4.78, 5) is 0. The van der Waals surface area contributed by atoms with E-state index in [-0.39, 0.29) is 0 Å². The van der Waals surface area contributed by atoms with Crippen LogP contribution in [0.15, 0.2) is 71.3 Å². The fourth-order valence-electron chi connectivity index (χ4n) is 4.05. The number of furan rings is 1. The highest BCUT2D eigenvalue weighted by Gasteiger charge is 2.24. The van der Waals surface area contributed by atoms with Crippen LogP contribution in [0.1, 0.15) is 11.1 Å². The van der Waals surface area contributed by atoms with Crippen LogP contribution in [-0.2, 0) is 7.05 Å². The minimum Gasteiger partial charge on any atom is -0.455 e. The van der Waals surface area contributed by atoms with Crippen LogP contribution in [0.2, 0.25) is 0 Å². The van der Waals surface area contributed by atoms with E-state index in [1.165, 1.54) is 38.4 Å². The molecule has 0 amide bonds. The number of benzene rings is 3. The van der Waals surface area contributed by atoms with Crippen LogP contribution in [0.3, 0.4) is 0 Å². The first-order valence-corrected chi connectivity index (χ1v) is 8.94. The van der Waals surface area contributed by atoms with Crippen LogP contribution in [0.5, 0.6) is 0 Å². The van der Waals surface area contributed by atoms with Crippen molar-refractivity contribution in [1.82, 2.24) is 0 Å². The van der Waals surface area contributed by atoms with E-state index in [4.69, 9.17) is 4.42 Å². The van der Waals surface area contributed by atoms with Crippen molar-refractivity contribution in [2.24, 2.45) is 7.05 Å². The molecule has 2 heterocycles. The average molecular weight is 338 g/mol. The fourth-order valence-corrected chi connectivity index (χ4v) is 4.05. The topological polar surface area (TPSA) is 17.0 Å². The molecule has 2 heteroatoms. The summed E-state index contributed by atoms with van der Waals surface area (Å²) in [5, 5.41) is 4.82. The summed E-state index contributed by atoms with van der Waals surface area (Å²) in [6.45, 7) is 4.28. The van der Waals surface area contributed by atoms with Gasteiger partial charge in [-0.05, 0) is 48.4 Å². The predicted molar refractivity (Wildman–Crippen MR) is 107 cm³/mol. The zero-order valence-corrected chi connectivity index (χ0v) is 15.2. The lowest BCUT2D eigenvalue weighted by atomic mass is 9.98. The summed E-state index contributed by atoms with van der Waals surface area (Å²) in [6, 6.07) is 21.4. The monoisotopic (exact) mass is 338 g/mol. The second-order valence-electron chi connectivity index (χ2n) is 7.09. The van der Waals surface area contributed by atoms with Crippen LogP contribution < -0.4 is 4.57 Å². The Kier molecular flexibility index (Phi) is 3.17. The number of aromatic nitrogens is 1. The molecular weight excluding hydrogens is 318 g/mol. The van der Waals surface area contributed by atoms with Gasteiger partial charge in [-0.15, -0.1) is 0 Å². The van der Waals surface area contributed by atoms with Gasteiger partial charge in [0.1, 0.15) is 18.0 Å². The molecule has 0 spiro atoms. The zero-order valence-electron chi connectivity index (χ0n) is 15.2. The molecule has 5 rings (SSSR count). The molecule has 0 aliphatic heterocycles. The van der Waals surface area contributed by atoms with Crippen molar-refractivity contribution in [2.75, 3.05) is 0 Å². The van der Waals surface area contributed by atoms with E-state index in [1.54, 1.807) is 0 Å². The van der Waals surface area contributed by atoms with Gasteiger partial charge in [0.2, 0.25) is 5.69 Å². The quantitative estimate of drug-likeness (QED) is 0.351. The molecule has 26 heavy (non-hydrogen) atoms. The Bertz CT molecular complexity index is 1310. The van der Waals surface area contributed by atoms with Crippen molar-refractivity contribution in [3.8, 4) is 11.3 Å². The molecule has 0 bridgehead atoms. The Morgan fingerprint density at radius 1 is 0.808 bits per heavy atom. The molecule has 5 aromatic rings. The Morgan fingerprint density at radius 3 is 2.27 bits per heavy atom. The first-order chi connectivity index (χ1) is 12.6. The SMILES string of the molecule is Cc1ccccc1-c1c2c(oc3cc4ccccc4cc32)c(C)c[n+]1C. The lowest BCUT2D eigenvalue weighted by Gasteiger charge is -2.07. The zero-order chi connectivity index (χ0) is 17.8. The number of fused-ring (bicyclic) bond motifs is 4. The summed E-state index contributed by atoms with van der Waals surface area (Å²) in [7, 11) is 2.12. The lowest BCUT2D eigenvalue weighted by Crippen LogP contribution is -2.31. The Balaban J connectivity index is 2.02. The van der Waals surface area contributed by atoms with Crippen LogP contribution >= 0.6 is 0 Å². The van der Waals surface area contributed by atoms with Crippen LogP contribution in [0.25, 0.3) is 44.0 Å². The van der Waals surface area contributed by atoms with E-state index in [0.717, 1.165) is 16.7 Å². The summed E-state index contributed by atoms with van der Waals surface area (Å²) in [5.41, 5.74) is 6.80. The van der Waals surface area contributed by atoms with Crippen LogP contribution in [0.4, 0.5) is 0 Å². The molecule has 0 atom stereocenters. The van der Waals surface area contributed by atoms with Gasteiger partial charge in [-0.25, -0.2) is 0 Å². The molecule has 2 nitrogen and oxygen atoms in total. The number of pyridine rings is 1. The van der Waals surface area contributed by atoms with Crippen molar-refractivity contribution in [1.29, 1.82) is 0 Å². The van der Waals surface area contributed by atoms with Gasteiger partial charge in [-0.1, -0.05) is 42.5 Å². The van der Waals surface area contributed by atoms with E-state index < -0.39 is 0 Å². The van der Waals surface area contributed by atoms with Gasteiger partial charge in [0, 0.05) is 10.9 Å². The lowest BCUT2D eigenvalue weighted by molar-refractivity contribution is -0.659. The van der Waals surface area contributed by atoms with E-state index in [0.29, 0.717) is 0 Å². The van der Waals surface area contributed by atoms with E-state index in [2.05, 4.69) is 92.3 Å².